The molecule has 0 radical (unpaired) electrons. The normalized spacial score (nSPS) is 9.83. The van der Waals surface area contributed by atoms with Gasteiger partial charge in [0.2, 0.25) is 5.88 Å². The van der Waals surface area contributed by atoms with E-state index in [1.54, 1.807) is 19.5 Å². The summed E-state index contributed by atoms with van der Waals surface area (Å²) >= 11 is 0. The predicted octanol–water partition coefficient (Wildman–Crippen LogP) is 0.595. The number of rotatable bonds is 4. The topological polar surface area (TPSA) is 47.0 Å². The van der Waals surface area contributed by atoms with Crippen molar-refractivity contribution in [3.8, 4) is 5.88 Å². The van der Waals surface area contributed by atoms with Crippen molar-refractivity contribution >= 4 is 0 Å². The van der Waals surface area contributed by atoms with Gasteiger partial charge in [0.05, 0.1) is 25.2 Å². The van der Waals surface area contributed by atoms with Gasteiger partial charge in [-0.2, -0.15) is 0 Å². The smallest absolute Gasteiger partial charge is 0.231 e. The van der Waals surface area contributed by atoms with Crippen LogP contribution in [0.4, 0.5) is 0 Å². The van der Waals surface area contributed by atoms with E-state index in [0.29, 0.717) is 5.88 Å². The van der Waals surface area contributed by atoms with Crippen LogP contribution in [0.1, 0.15) is 12.6 Å². The van der Waals surface area contributed by atoms with Crippen molar-refractivity contribution in [2.24, 2.45) is 0 Å². The Labute approximate surface area is 72.0 Å². The van der Waals surface area contributed by atoms with Gasteiger partial charge in [-0.25, -0.2) is 4.98 Å². The summed E-state index contributed by atoms with van der Waals surface area (Å²) in [5.41, 5.74) is 0.928. The molecular weight excluding hydrogens is 154 g/mol. The lowest BCUT2D eigenvalue weighted by Gasteiger charge is -2.01. The van der Waals surface area contributed by atoms with E-state index in [1.165, 1.54) is 0 Å². The highest BCUT2D eigenvalue weighted by molar-refractivity contribution is 5.06. The quantitative estimate of drug-likeness (QED) is 0.713. The number of ether oxygens (including phenoxy) is 1. The van der Waals surface area contributed by atoms with Crippen molar-refractivity contribution in [3.05, 3.63) is 18.1 Å². The Kier molecular flexibility index (Phi) is 3.47. The summed E-state index contributed by atoms with van der Waals surface area (Å²) in [7, 11) is 1.58. The van der Waals surface area contributed by atoms with Crippen LogP contribution in [0, 0.1) is 0 Å². The Balaban J connectivity index is 2.53. The van der Waals surface area contributed by atoms with Gasteiger partial charge in [-0.3, -0.25) is 4.98 Å². The molecule has 0 aliphatic heterocycles. The lowest BCUT2D eigenvalue weighted by Crippen LogP contribution is -2.13. The summed E-state index contributed by atoms with van der Waals surface area (Å²) < 4.78 is 4.88. The summed E-state index contributed by atoms with van der Waals surface area (Å²) in [6.45, 7) is 3.75. The minimum Gasteiger partial charge on any atom is -0.480 e. The van der Waals surface area contributed by atoms with E-state index in [0.717, 1.165) is 18.8 Å². The molecule has 12 heavy (non-hydrogen) atoms. The summed E-state index contributed by atoms with van der Waals surface area (Å²) in [6.07, 6.45) is 3.33. The molecule has 0 saturated carbocycles. The molecule has 0 spiro atoms. The molecule has 1 N–H and O–H groups in total. The van der Waals surface area contributed by atoms with Gasteiger partial charge in [0, 0.05) is 6.54 Å². The third-order valence-corrected chi connectivity index (χ3v) is 1.45. The van der Waals surface area contributed by atoms with E-state index in [2.05, 4.69) is 22.2 Å². The molecule has 4 heteroatoms. The molecule has 0 aliphatic rings. The van der Waals surface area contributed by atoms with Crippen LogP contribution in [0.15, 0.2) is 12.4 Å². The first kappa shape index (κ1) is 8.93. The Morgan fingerprint density at radius 2 is 2.25 bits per heavy atom. The van der Waals surface area contributed by atoms with Crippen molar-refractivity contribution in [2.75, 3.05) is 13.7 Å². The minimum atomic E-state index is 0.551. The fourth-order valence-electron chi connectivity index (χ4n) is 0.793. The van der Waals surface area contributed by atoms with Crippen molar-refractivity contribution in [2.45, 2.75) is 13.5 Å². The van der Waals surface area contributed by atoms with Crippen LogP contribution in [0.3, 0.4) is 0 Å². The van der Waals surface area contributed by atoms with E-state index in [1.807, 2.05) is 0 Å². The summed E-state index contributed by atoms with van der Waals surface area (Å²) in [5.74, 6) is 0.551. The molecule has 66 valence electrons. The van der Waals surface area contributed by atoms with Crippen molar-refractivity contribution < 1.29 is 4.74 Å². The maximum Gasteiger partial charge on any atom is 0.231 e. The number of hydrogen-bond donors (Lipinski definition) is 1. The molecule has 1 heterocycles. The number of methoxy groups -OCH3 is 1. The molecule has 1 rings (SSSR count). The van der Waals surface area contributed by atoms with Gasteiger partial charge >= 0.3 is 0 Å². The molecule has 0 fully saturated rings. The number of nitrogens with one attached hydrogen (secondary N) is 1. The molecule has 1 aromatic heterocycles. The average Bonchev–Trinajstić information content (AvgIpc) is 2.15. The Hall–Kier alpha value is -1.16. The number of hydrogen-bond acceptors (Lipinski definition) is 4. The summed E-state index contributed by atoms with van der Waals surface area (Å²) in [6, 6.07) is 0. The van der Waals surface area contributed by atoms with Crippen LogP contribution >= 0.6 is 0 Å². The molecule has 0 aromatic carbocycles. The van der Waals surface area contributed by atoms with E-state index >= 15 is 0 Å². The molecule has 0 aliphatic carbocycles. The lowest BCUT2D eigenvalue weighted by molar-refractivity contribution is 0.395. The second kappa shape index (κ2) is 4.66. The van der Waals surface area contributed by atoms with Gasteiger partial charge in [-0.15, -0.1) is 0 Å². The van der Waals surface area contributed by atoms with E-state index in [-0.39, 0.29) is 0 Å². The number of aromatic nitrogens is 2. The van der Waals surface area contributed by atoms with Gasteiger partial charge in [-0.1, -0.05) is 6.92 Å². The highest BCUT2D eigenvalue weighted by Crippen LogP contribution is 2.01. The monoisotopic (exact) mass is 167 g/mol. The molecule has 0 saturated heterocycles. The first-order valence-corrected chi connectivity index (χ1v) is 3.92. The molecule has 0 bridgehead atoms. The van der Waals surface area contributed by atoms with Gasteiger partial charge in [0.15, 0.2) is 0 Å². The Bertz CT molecular complexity index is 222. The second-order valence-corrected chi connectivity index (χ2v) is 2.33. The van der Waals surface area contributed by atoms with Crippen LogP contribution in [0.2, 0.25) is 0 Å². The summed E-state index contributed by atoms with van der Waals surface area (Å²) in [4.78, 5) is 8.16. The van der Waals surface area contributed by atoms with E-state index in [4.69, 9.17) is 4.74 Å². The first-order valence-electron chi connectivity index (χ1n) is 3.92. The van der Waals surface area contributed by atoms with Crippen molar-refractivity contribution in [3.63, 3.8) is 0 Å². The number of nitrogens with zero attached hydrogens (tertiary/aromatic N) is 2. The van der Waals surface area contributed by atoms with Gasteiger partial charge in [0.25, 0.3) is 0 Å². The third-order valence-electron chi connectivity index (χ3n) is 1.45. The van der Waals surface area contributed by atoms with Crippen LogP contribution < -0.4 is 10.1 Å². The van der Waals surface area contributed by atoms with E-state index in [9.17, 15) is 0 Å². The fraction of sp³-hybridized carbons (Fsp3) is 0.500. The maximum absolute atomic E-state index is 4.88. The second-order valence-electron chi connectivity index (χ2n) is 2.33. The third kappa shape index (κ3) is 2.47. The Morgan fingerprint density at radius 1 is 1.42 bits per heavy atom. The van der Waals surface area contributed by atoms with Crippen molar-refractivity contribution in [1.82, 2.24) is 15.3 Å². The largest absolute Gasteiger partial charge is 0.480 e. The van der Waals surface area contributed by atoms with Gasteiger partial charge in [0.1, 0.15) is 0 Å². The highest BCUT2D eigenvalue weighted by Gasteiger charge is 1.94. The molecule has 1 aromatic rings. The molecule has 0 amide bonds. The molecule has 0 atom stereocenters. The standard InChI is InChI=1S/C8H13N3O/c1-3-9-4-7-5-11-8(12-2)6-10-7/h5-6,9H,3-4H2,1-2H3. The maximum atomic E-state index is 4.88. The minimum absolute atomic E-state index is 0.551. The van der Waals surface area contributed by atoms with Crippen LogP contribution in [-0.2, 0) is 6.54 Å². The zero-order valence-corrected chi connectivity index (χ0v) is 7.37. The molecular formula is C8H13N3O. The highest BCUT2D eigenvalue weighted by atomic mass is 16.5. The van der Waals surface area contributed by atoms with Crippen LogP contribution in [0.25, 0.3) is 0 Å². The predicted molar refractivity (Wildman–Crippen MR) is 46.0 cm³/mol. The van der Waals surface area contributed by atoms with Crippen LogP contribution in [0.5, 0.6) is 5.88 Å². The van der Waals surface area contributed by atoms with Gasteiger partial charge < -0.3 is 10.1 Å². The zero-order valence-electron chi connectivity index (χ0n) is 7.37. The first-order chi connectivity index (χ1) is 5.86. The Morgan fingerprint density at radius 3 is 2.75 bits per heavy atom. The van der Waals surface area contributed by atoms with Gasteiger partial charge in [-0.05, 0) is 6.54 Å². The fourth-order valence-corrected chi connectivity index (χ4v) is 0.793. The van der Waals surface area contributed by atoms with E-state index < -0.39 is 0 Å². The zero-order chi connectivity index (χ0) is 8.81. The lowest BCUT2D eigenvalue weighted by atomic mass is 10.4. The van der Waals surface area contributed by atoms with Crippen LogP contribution in [-0.4, -0.2) is 23.6 Å². The average molecular weight is 167 g/mol. The molecule has 0 unspecified atom stereocenters. The SMILES string of the molecule is CCNCc1cnc(OC)cn1. The molecule has 4 nitrogen and oxygen atoms in total. The summed E-state index contributed by atoms with van der Waals surface area (Å²) in [5, 5.41) is 3.16. The van der Waals surface area contributed by atoms with Crippen molar-refractivity contribution in [1.29, 1.82) is 0 Å².